The first kappa shape index (κ1) is 33.4. The number of aromatic nitrogens is 4. The molecule has 4 unspecified atom stereocenters. The van der Waals surface area contributed by atoms with Gasteiger partial charge in [0.25, 0.3) is 11.7 Å². The van der Waals surface area contributed by atoms with Gasteiger partial charge in [-0.05, 0) is 33.1 Å². The van der Waals surface area contributed by atoms with Crippen LogP contribution in [0.2, 0.25) is 0 Å². The Kier molecular flexibility index (Phi) is 11.4. The third kappa shape index (κ3) is 8.26. The van der Waals surface area contributed by atoms with E-state index < -0.39 is 35.9 Å². The number of imidazole rings is 1. The molecule has 2 aliphatic rings. The fourth-order valence-electron chi connectivity index (χ4n) is 5.33. The molecule has 2 saturated heterocycles. The monoisotopic (exact) mass is 595 g/mol. The maximum Gasteiger partial charge on any atom is 0.265 e. The van der Waals surface area contributed by atoms with Gasteiger partial charge in [0, 0.05) is 44.8 Å². The highest BCUT2D eigenvalue weighted by atomic mass is 19.3. The number of hydrogen-bond acceptors (Lipinski definition) is 7. The van der Waals surface area contributed by atoms with Crippen LogP contribution < -0.4 is 10.6 Å². The van der Waals surface area contributed by atoms with Crippen LogP contribution >= 0.6 is 0 Å². The van der Waals surface area contributed by atoms with Gasteiger partial charge in [0.2, 0.25) is 11.8 Å². The summed E-state index contributed by atoms with van der Waals surface area (Å²) in [5.74, 6) is -4.66. The SMILES string of the molecule is CC.CCCC(F)(F)CCC(NC(=O)C(C)=N)c1cn2nc(CC3CCCNC3=O)c(C3COCCC3(C)F)nc2n1. The molecule has 2 aromatic rings. The van der Waals surface area contributed by atoms with E-state index in [0.717, 1.165) is 6.42 Å². The van der Waals surface area contributed by atoms with Crippen LogP contribution in [0.4, 0.5) is 13.2 Å². The van der Waals surface area contributed by atoms with Crippen molar-refractivity contribution in [3.05, 3.63) is 23.3 Å². The van der Waals surface area contributed by atoms with Gasteiger partial charge < -0.3 is 15.4 Å². The summed E-state index contributed by atoms with van der Waals surface area (Å²) < 4.78 is 51.4. The number of piperidine rings is 1. The van der Waals surface area contributed by atoms with E-state index in [4.69, 9.17) is 10.1 Å². The molecule has 0 bridgehead atoms. The standard InChI is InChI=1S/C27H38F3N7O3.C2H6/c1-4-8-27(29,30)9-7-19(33-23(38)16(2)31)21-14-37-25(34-21)35-22(18-15-40-12-10-26(18,3)28)20(36-37)13-17-6-5-11-32-24(17)39;1-2/h14,17-19,31H,4-13,15H2,1-3H3,(H,32,39)(H,33,38);1-2H3. The first-order valence-corrected chi connectivity index (χ1v) is 14.9. The molecule has 10 nitrogen and oxygen atoms in total. The van der Waals surface area contributed by atoms with E-state index in [1.807, 2.05) is 13.8 Å². The van der Waals surface area contributed by atoms with E-state index in [-0.39, 0.29) is 67.9 Å². The topological polar surface area (TPSA) is 134 Å². The molecule has 3 N–H and O–H groups in total. The second-order valence-electron chi connectivity index (χ2n) is 11.1. The molecule has 2 aliphatic heterocycles. The normalized spacial score (nSPS) is 23.5. The number of carbonyl (C=O) groups excluding carboxylic acids is 2. The van der Waals surface area contributed by atoms with Crippen molar-refractivity contribution in [2.75, 3.05) is 19.8 Å². The van der Waals surface area contributed by atoms with Crippen LogP contribution in [0.3, 0.4) is 0 Å². The van der Waals surface area contributed by atoms with E-state index in [1.165, 1.54) is 24.6 Å². The zero-order valence-electron chi connectivity index (χ0n) is 25.2. The summed E-state index contributed by atoms with van der Waals surface area (Å²) in [4.78, 5) is 34.0. The fraction of sp³-hybridized carbons (Fsp3) is 0.724. The quantitative estimate of drug-likeness (QED) is 0.318. The lowest BCUT2D eigenvalue weighted by molar-refractivity contribution is -0.126. The van der Waals surface area contributed by atoms with Crippen molar-refractivity contribution in [1.82, 2.24) is 30.2 Å². The zero-order chi connectivity index (χ0) is 31.1. The molecular weight excluding hydrogens is 551 g/mol. The minimum Gasteiger partial charge on any atom is -0.381 e. The smallest absolute Gasteiger partial charge is 0.265 e. The summed E-state index contributed by atoms with van der Waals surface area (Å²) >= 11 is 0. The number of hydrogen-bond donors (Lipinski definition) is 3. The van der Waals surface area contributed by atoms with Gasteiger partial charge in [0.1, 0.15) is 5.67 Å². The number of carbonyl (C=O) groups is 2. The summed E-state index contributed by atoms with van der Waals surface area (Å²) in [5.41, 5.74) is -0.822. The molecule has 2 aromatic heterocycles. The Hall–Kier alpha value is -3.09. The second-order valence-corrected chi connectivity index (χ2v) is 11.1. The molecule has 4 heterocycles. The van der Waals surface area contributed by atoms with E-state index in [1.54, 1.807) is 6.92 Å². The molecule has 0 spiro atoms. The number of fused-ring (bicyclic) bond motifs is 1. The van der Waals surface area contributed by atoms with E-state index in [2.05, 4.69) is 25.7 Å². The van der Waals surface area contributed by atoms with E-state index in [0.29, 0.717) is 30.8 Å². The maximum absolute atomic E-state index is 15.7. The van der Waals surface area contributed by atoms with Crippen LogP contribution in [0.15, 0.2) is 6.20 Å². The molecule has 234 valence electrons. The highest BCUT2D eigenvalue weighted by Gasteiger charge is 2.42. The molecule has 13 heteroatoms. The molecule has 0 radical (unpaired) electrons. The maximum atomic E-state index is 15.7. The molecule has 4 rings (SSSR count). The predicted molar refractivity (Wildman–Crippen MR) is 153 cm³/mol. The molecule has 0 aromatic carbocycles. The zero-order valence-corrected chi connectivity index (χ0v) is 25.2. The lowest BCUT2D eigenvalue weighted by atomic mass is 9.82. The van der Waals surface area contributed by atoms with Crippen LogP contribution in [0.5, 0.6) is 0 Å². The highest BCUT2D eigenvalue weighted by molar-refractivity contribution is 6.36. The molecular formula is C29H44F3N7O3. The Bertz CT molecular complexity index is 1250. The number of nitrogens with one attached hydrogen (secondary N) is 3. The Morgan fingerprint density at radius 1 is 1.33 bits per heavy atom. The molecule has 0 aliphatic carbocycles. The van der Waals surface area contributed by atoms with Crippen molar-refractivity contribution in [3.63, 3.8) is 0 Å². The first-order chi connectivity index (χ1) is 19.9. The second kappa shape index (κ2) is 14.4. The summed E-state index contributed by atoms with van der Waals surface area (Å²) in [6, 6.07) is -0.917. The summed E-state index contributed by atoms with van der Waals surface area (Å²) in [6.07, 6.45) is 2.86. The number of alkyl halides is 3. The van der Waals surface area contributed by atoms with Crippen LogP contribution in [-0.4, -0.2) is 68.5 Å². The molecule has 4 atom stereocenters. The van der Waals surface area contributed by atoms with Gasteiger partial charge >= 0.3 is 0 Å². The molecule has 0 saturated carbocycles. The van der Waals surface area contributed by atoms with Crippen LogP contribution in [0.1, 0.15) is 109 Å². The lowest BCUT2D eigenvalue weighted by Crippen LogP contribution is -2.40. The van der Waals surface area contributed by atoms with Crippen molar-refractivity contribution in [3.8, 4) is 0 Å². The Morgan fingerprint density at radius 2 is 2.07 bits per heavy atom. The molecule has 2 amide bonds. The number of nitrogens with zero attached hydrogens (tertiary/aromatic N) is 4. The number of amides is 2. The third-order valence-electron chi connectivity index (χ3n) is 7.77. The Morgan fingerprint density at radius 3 is 2.71 bits per heavy atom. The van der Waals surface area contributed by atoms with Crippen LogP contribution in [0, 0.1) is 11.3 Å². The predicted octanol–water partition coefficient (Wildman–Crippen LogP) is 4.86. The van der Waals surface area contributed by atoms with Gasteiger partial charge in [-0.1, -0.05) is 27.2 Å². The van der Waals surface area contributed by atoms with Gasteiger partial charge in [-0.25, -0.2) is 27.7 Å². The first-order valence-electron chi connectivity index (χ1n) is 14.9. The average molecular weight is 596 g/mol. The summed E-state index contributed by atoms with van der Waals surface area (Å²) in [6.45, 7) is 9.48. The fourth-order valence-corrected chi connectivity index (χ4v) is 5.33. The minimum absolute atomic E-state index is 0.0916. The van der Waals surface area contributed by atoms with Gasteiger partial charge in [-0.15, -0.1) is 0 Å². The van der Waals surface area contributed by atoms with Crippen molar-refractivity contribution in [2.24, 2.45) is 5.92 Å². The van der Waals surface area contributed by atoms with E-state index >= 15 is 4.39 Å². The van der Waals surface area contributed by atoms with Gasteiger partial charge in [-0.2, -0.15) is 5.10 Å². The highest BCUT2D eigenvalue weighted by Crippen LogP contribution is 2.39. The van der Waals surface area contributed by atoms with E-state index in [9.17, 15) is 18.4 Å². The summed E-state index contributed by atoms with van der Waals surface area (Å²) in [7, 11) is 0. The number of ether oxygens (including phenoxy) is 1. The summed E-state index contributed by atoms with van der Waals surface area (Å²) in [5, 5.41) is 17.8. The largest absolute Gasteiger partial charge is 0.381 e. The average Bonchev–Trinajstić information content (AvgIpc) is 3.35. The van der Waals surface area contributed by atoms with Crippen molar-refractivity contribution >= 4 is 23.3 Å². The third-order valence-corrected chi connectivity index (χ3v) is 7.77. The Labute approximate surface area is 245 Å². The van der Waals surface area contributed by atoms with Crippen molar-refractivity contribution in [2.45, 2.75) is 110 Å². The Balaban J connectivity index is 0.00000237. The number of rotatable bonds is 11. The molecule has 42 heavy (non-hydrogen) atoms. The van der Waals surface area contributed by atoms with Gasteiger partial charge in [0.05, 0.1) is 47.6 Å². The van der Waals surface area contributed by atoms with Crippen molar-refractivity contribution < 1.29 is 27.5 Å². The van der Waals surface area contributed by atoms with Crippen LogP contribution in [0.25, 0.3) is 5.78 Å². The minimum atomic E-state index is -2.92. The van der Waals surface area contributed by atoms with Gasteiger partial charge in [0.15, 0.2) is 0 Å². The van der Waals surface area contributed by atoms with Crippen molar-refractivity contribution in [1.29, 1.82) is 5.41 Å². The van der Waals surface area contributed by atoms with Gasteiger partial charge in [-0.3, -0.25) is 15.0 Å². The number of halogens is 3. The molecule has 2 fully saturated rings. The lowest BCUT2D eigenvalue weighted by Gasteiger charge is -2.35. The van der Waals surface area contributed by atoms with Crippen LogP contribution in [-0.2, 0) is 20.7 Å².